The maximum atomic E-state index is 11.3. The van der Waals surface area contributed by atoms with E-state index in [4.69, 9.17) is 0 Å². The first-order valence-electron chi connectivity index (χ1n) is 5.33. The average Bonchev–Trinajstić information content (AvgIpc) is 2.16. The van der Waals surface area contributed by atoms with Crippen LogP contribution in [0.5, 0.6) is 0 Å². The molecule has 0 spiro atoms. The van der Waals surface area contributed by atoms with E-state index >= 15 is 0 Å². The molecule has 0 bridgehead atoms. The second-order valence-electron chi connectivity index (χ2n) is 4.66. The monoisotopic (exact) mass is 241 g/mol. The van der Waals surface area contributed by atoms with E-state index in [-0.39, 0.29) is 5.54 Å². The number of benzene rings is 1. The zero-order valence-corrected chi connectivity index (χ0v) is 11.1. The van der Waals surface area contributed by atoms with Crippen LogP contribution >= 0.6 is 0 Å². The van der Waals surface area contributed by atoms with Gasteiger partial charge in [-0.05, 0) is 44.5 Å². The normalized spacial score (nSPS) is 12.5. The van der Waals surface area contributed by atoms with Gasteiger partial charge >= 0.3 is 0 Å². The highest BCUT2D eigenvalue weighted by atomic mass is 32.2. The minimum absolute atomic E-state index is 0.0204. The Labute approximate surface area is 97.8 Å². The van der Waals surface area contributed by atoms with E-state index in [0.717, 1.165) is 12.1 Å². The quantitative estimate of drug-likeness (QED) is 0.881. The predicted molar refractivity (Wildman–Crippen MR) is 67.5 cm³/mol. The first-order valence-corrected chi connectivity index (χ1v) is 7.22. The molecule has 0 aromatic heterocycles. The summed E-state index contributed by atoms with van der Waals surface area (Å²) >= 11 is 0. The van der Waals surface area contributed by atoms with Gasteiger partial charge in [0, 0.05) is 17.5 Å². The van der Waals surface area contributed by atoms with Crippen molar-refractivity contribution in [2.45, 2.75) is 37.6 Å². The van der Waals surface area contributed by atoms with Crippen LogP contribution in [-0.4, -0.2) is 20.2 Å². The van der Waals surface area contributed by atoms with Crippen LogP contribution in [0, 0.1) is 0 Å². The fourth-order valence-electron chi connectivity index (χ4n) is 1.26. The van der Waals surface area contributed by atoms with Crippen LogP contribution in [0.4, 0.5) is 5.69 Å². The number of nitrogens with one attached hydrogen (secondary N) is 1. The first-order chi connectivity index (χ1) is 7.24. The fourth-order valence-corrected chi connectivity index (χ4v) is 1.90. The van der Waals surface area contributed by atoms with Gasteiger partial charge < -0.3 is 5.32 Å². The van der Waals surface area contributed by atoms with Crippen LogP contribution in [0.1, 0.15) is 27.2 Å². The minimum Gasteiger partial charge on any atom is -0.380 e. The molecule has 1 aromatic rings. The van der Waals surface area contributed by atoms with Crippen molar-refractivity contribution in [3.05, 3.63) is 24.3 Å². The van der Waals surface area contributed by atoms with Crippen LogP contribution in [0.25, 0.3) is 0 Å². The largest absolute Gasteiger partial charge is 0.380 e. The molecule has 0 aliphatic heterocycles. The van der Waals surface area contributed by atoms with Gasteiger partial charge in [-0.2, -0.15) is 0 Å². The van der Waals surface area contributed by atoms with Gasteiger partial charge in [-0.1, -0.05) is 6.92 Å². The zero-order valence-electron chi connectivity index (χ0n) is 10.2. The molecule has 0 unspecified atom stereocenters. The maximum absolute atomic E-state index is 11.3. The molecule has 4 heteroatoms. The smallest absolute Gasteiger partial charge is 0.175 e. The molecule has 0 fully saturated rings. The molecule has 3 nitrogen and oxygen atoms in total. The van der Waals surface area contributed by atoms with Gasteiger partial charge in [0.15, 0.2) is 9.84 Å². The molecular formula is C12H19NO2S. The molecule has 1 rings (SSSR count). The van der Waals surface area contributed by atoms with E-state index < -0.39 is 9.84 Å². The number of hydrogen-bond acceptors (Lipinski definition) is 3. The summed E-state index contributed by atoms with van der Waals surface area (Å²) in [5.74, 6) is 0. The summed E-state index contributed by atoms with van der Waals surface area (Å²) in [7, 11) is -3.10. The summed E-state index contributed by atoms with van der Waals surface area (Å²) in [4.78, 5) is 0.354. The Morgan fingerprint density at radius 2 is 1.69 bits per heavy atom. The SMILES string of the molecule is CCC(C)(C)Nc1ccc(S(C)(=O)=O)cc1. The van der Waals surface area contributed by atoms with E-state index in [1.165, 1.54) is 6.26 Å². The third-order valence-corrected chi connectivity index (χ3v) is 3.78. The third-order valence-electron chi connectivity index (χ3n) is 2.65. The summed E-state index contributed by atoms with van der Waals surface area (Å²) in [6.07, 6.45) is 2.21. The molecule has 0 aliphatic carbocycles. The number of sulfone groups is 1. The van der Waals surface area contributed by atoms with E-state index in [0.29, 0.717) is 4.90 Å². The molecule has 0 aliphatic rings. The Bertz CT molecular complexity index is 446. The lowest BCUT2D eigenvalue weighted by Gasteiger charge is -2.25. The van der Waals surface area contributed by atoms with Gasteiger partial charge in [-0.25, -0.2) is 8.42 Å². The summed E-state index contributed by atoms with van der Waals surface area (Å²) in [6, 6.07) is 6.86. The molecule has 0 heterocycles. The molecule has 0 saturated carbocycles. The summed E-state index contributed by atoms with van der Waals surface area (Å²) in [6.45, 7) is 6.33. The van der Waals surface area contributed by atoms with Crippen molar-refractivity contribution in [3.63, 3.8) is 0 Å². The highest BCUT2D eigenvalue weighted by molar-refractivity contribution is 7.90. The van der Waals surface area contributed by atoms with Gasteiger partial charge in [-0.15, -0.1) is 0 Å². The molecule has 1 aromatic carbocycles. The van der Waals surface area contributed by atoms with Crippen LogP contribution in [0.2, 0.25) is 0 Å². The zero-order chi connectivity index (χ0) is 12.4. The molecule has 0 amide bonds. The Morgan fingerprint density at radius 1 is 1.19 bits per heavy atom. The average molecular weight is 241 g/mol. The molecular weight excluding hydrogens is 222 g/mol. The van der Waals surface area contributed by atoms with Crippen molar-refractivity contribution in [1.82, 2.24) is 0 Å². The second kappa shape index (κ2) is 4.45. The van der Waals surface area contributed by atoms with Crippen molar-refractivity contribution in [2.24, 2.45) is 0 Å². The van der Waals surface area contributed by atoms with Crippen LogP contribution in [0.15, 0.2) is 29.2 Å². The van der Waals surface area contributed by atoms with Crippen molar-refractivity contribution in [3.8, 4) is 0 Å². The van der Waals surface area contributed by atoms with Gasteiger partial charge in [0.2, 0.25) is 0 Å². The summed E-state index contributed by atoms with van der Waals surface area (Å²) in [5, 5.41) is 3.35. The van der Waals surface area contributed by atoms with Crippen LogP contribution in [0.3, 0.4) is 0 Å². The van der Waals surface area contributed by atoms with Gasteiger partial charge in [0.25, 0.3) is 0 Å². The van der Waals surface area contributed by atoms with Crippen LogP contribution < -0.4 is 5.32 Å². The molecule has 0 radical (unpaired) electrons. The van der Waals surface area contributed by atoms with Crippen molar-refractivity contribution in [1.29, 1.82) is 0 Å². The summed E-state index contributed by atoms with van der Waals surface area (Å²) in [5.41, 5.74) is 0.964. The van der Waals surface area contributed by atoms with Gasteiger partial charge in [0.1, 0.15) is 0 Å². The Morgan fingerprint density at radius 3 is 2.06 bits per heavy atom. The van der Waals surface area contributed by atoms with E-state index in [2.05, 4.69) is 26.1 Å². The maximum Gasteiger partial charge on any atom is 0.175 e. The molecule has 0 atom stereocenters. The van der Waals surface area contributed by atoms with E-state index in [9.17, 15) is 8.42 Å². The summed E-state index contributed by atoms with van der Waals surface area (Å²) < 4.78 is 22.5. The van der Waals surface area contributed by atoms with Crippen molar-refractivity contribution >= 4 is 15.5 Å². The standard InChI is InChI=1S/C12H19NO2S/c1-5-12(2,3)13-10-6-8-11(9-7-10)16(4,14)15/h6-9,13H,5H2,1-4H3. The minimum atomic E-state index is -3.10. The molecule has 0 saturated heterocycles. The highest BCUT2D eigenvalue weighted by Crippen LogP contribution is 2.19. The Kier molecular flexibility index (Phi) is 3.63. The number of anilines is 1. The Balaban J connectivity index is 2.89. The lowest BCUT2D eigenvalue weighted by molar-refractivity contribution is 0.547. The van der Waals surface area contributed by atoms with Crippen molar-refractivity contribution in [2.75, 3.05) is 11.6 Å². The van der Waals surface area contributed by atoms with Crippen LogP contribution in [-0.2, 0) is 9.84 Å². The second-order valence-corrected chi connectivity index (χ2v) is 6.67. The lowest BCUT2D eigenvalue weighted by Crippen LogP contribution is -2.29. The lowest BCUT2D eigenvalue weighted by atomic mass is 10.0. The van der Waals surface area contributed by atoms with E-state index in [1.807, 2.05) is 0 Å². The molecule has 90 valence electrons. The van der Waals surface area contributed by atoms with Gasteiger partial charge in [0.05, 0.1) is 4.90 Å². The predicted octanol–water partition coefficient (Wildman–Crippen LogP) is 2.69. The third kappa shape index (κ3) is 3.52. The number of hydrogen-bond donors (Lipinski definition) is 1. The first kappa shape index (κ1) is 13.0. The number of rotatable bonds is 4. The van der Waals surface area contributed by atoms with Gasteiger partial charge in [-0.3, -0.25) is 0 Å². The Hall–Kier alpha value is -1.03. The molecule has 16 heavy (non-hydrogen) atoms. The topological polar surface area (TPSA) is 46.2 Å². The van der Waals surface area contributed by atoms with E-state index in [1.54, 1.807) is 24.3 Å². The highest BCUT2D eigenvalue weighted by Gasteiger charge is 2.14. The van der Waals surface area contributed by atoms with Crippen molar-refractivity contribution < 1.29 is 8.42 Å². The molecule has 1 N–H and O–H groups in total. The fraction of sp³-hybridized carbons (Fsp3) is 0.500.